The summed E-state index contributed by atoms with van der Waals surface area (Å²) >= 11 is 0. The number of piperazine rings is 1. The lowest BCUT2D eigenvalue weighted by atomic mass is 10.1. The molecule has 1 fully saturated rings. The van der Waals surface area contributed by atoms with Gasteiger partial charge in [-0.1, -0.05) is 18.2 Å². The van der Waals surface area contributed by atoms with Crippen molar-refractivity contribution in [2.45, 2.75) is 13.3 Å². The highest BCUT2D eigenvalue weighted by Crippen LogP contribution is 2.24. The molecule has 9 heteroatoms. The first-order valence-corrected chi connectivity index (χ1v) is 9.44. The van der Waals surface area contributed by atoms with Gasteiger partial charge >= 0.3 is 6.36 Å². The van der Waals surface area contributed by atoms with Gasteiger partial charge in [0.15, 0.2) is 0 Å². The average Bonchev–Trinajstić information content (AvgIpc) is 2.69. The minimum absolute atomic E-state index is 0.0154. The molecule has 0 saturated carbocycles. The Hall–Kier alpha value is -3.07. The molecule has 0 radical (unpaired) electrons. The quantitative estimate of drug-likeness (QED) is 0.805. The van der Waals surface area contributed by atoms with Crippen molar-refractivity contribution in [1.82, 2.24) is 9.80 Å². The van der Waals surface area contributed by atoms with Crippen LogP contribution in [0.5, 0.6) is 5.75 Å². The number of aryl methyl sites for hydroxylation is 1. The van der Waals surface area contributed by atoms with Crippen molar-refractivity contribution in [3.63, 3.8) is 0 Å². The third-order valence-corrected chi connectivity index (χ3v) is 4.77. The van der Waals surface area contributed by atoms with E-state index in [9.17, 15) is 22.8 Å². The molecule has 0 aromatic heterocycles. The van der Waals surface area contributed by atoms with Crippen LogP contribution in [0, 0.1) is 6.92 Å². The summed E-state index contributed by atoms with van der Waals surface area (Å²) in [4.78, 5) is 28.6. The number of carbonyl (C=O) groups is 2. The molecule has 0 unspecified atom stereocenters. The Morgan fingerprint density at radius 2 is 1.63 bits per heavy atom. The molecule has 0 atom stereocenters. The molecular weight excluding hydrogens is 399 g/mol. The molecule has 1 heterocycles. The molecule has 30 heavy (non-hydrogen) atoms. The Balaban J connectivity index is 1.46. The summed E-state index contributed by atoms with van der Waals surface area (Å²) in [5.74, 6) is -0.647. The Morgan fingerprint density at radius 1 is 1.00 bits per heavy atom. The third-order valence-electron chi connectivity index (χ3n) is 4.77. The number of alkyl halides is 3. The van der Waals surface area contributed by atoms with E-state index in [0.717, 1.165) is 17.7 Å². The summed E-state index contributed by atoms with van der Waals surface area (Å²) in [6.07, 6.45) is -4.76. The van der Waals surface area contributed by atoms with E-state index in [1.807, 2.05) is 36.1 Å². The van der Waals surface area contributed by atoms with E-state index >= 15 is 0 Å². The molecule has 0 bridgehead atoms. The molecule has 160 valence electrons. The molecule has 2 aromatic rings. The number of hydrogen-bond donors (Lipinski definition) is 1. The van der Waals surface area contributed by atoms with E-state index in [2.05, 4.69) is 10.1 Å². The normalized spacial score (nSPS) is 15.0. The molecule has 1 aliphatic rings. The van der Waals surface area contributed by atoms with Crippen LogP contribution in [0.25, 0.3) is 0 Å². The second kappa shape index (κ2) is 9.17. The Kier molecular flexibility index (Phi) is 6.61. The Bertz CT molecular complexity index is 892. The van der Waals surface area contributed by atoms with Crippen molar-refractivity contribution in [3.05, 3.63) is 59.7 Å². The summed E-state index contributed by atoms with van der Waals surface area (Å²) in [5, 5.41) is 2.65. The molecular formula is C21H22F3N3O3. The smallest absolute Gasteiger partial charge is 0.406 e. The van der Waals surface area contributed by atoms with Crippen LogP contribution >= 0.6 is 0 Å². The second-order valence-electron chi connectivity index (χ2n) is 7.00. The van der Waals surface area contributed by atoms with Crippen LogP contribution in [-0.2, 0) is 4.79 Å². The van der Waals surface area contributed by atoms with E-state index in [1.54, 1.807) is 4.90 Å². The predicted octanol–water partition coefficient (Wildman–Crippen LogP) is 3.29. The number of nitrogens with zero attached hydrogens (tertiary/aromatic N) is 2. The highest BCUT2D eigenvalue weighted by atomic mass is 19.4. The van der Waals surface area contributed by atoms with Crippen molar-refractivity contribution < 1.29 is 27.5 Å². The number of rotatable bonds is 5. The fourth-order valence-corrected chi connectivity index (χ4v) is 3.24. The summed E-state index contributed by atoms with van der Waals surface area (Å²) in [6.45, 7) is 4.18. The van der Waals surface area contributed by atoms with E-state index in [4.69, 9.17) is 0 Å². The number of anilines is 1. The van der Waals surface area contributed by atoms with E-state index in [1.165, 1.54) is 12.1 Å². The Morgan fingerprint density at radius 3 is 2.23 bits per heavy atom. The zero-order valence-electron chi connectivity index (χ0n) is 16.4. The minimum atomic E-state index is -4.76. The molecule has 6 nitrogen and oxygen atoms in total. The number of hydrogen-bond acceptors (Lipinski definition) is 4. The van der Waals surface area contributed by atoms with Gasteiger partial charge in [-0.25, -0.2) is 0 Å². The number of amides is 2. The van der Waals surface area contributed by atoms with Gasteiger partial charge in [0.1, 0.15) is 5.75 Å². The number of benzene rings is 2. The summed E-state index contributed by atoms with van der Waals surface area (Å²) < 4.78 is 40.4. The lowest BCUT2D eigenvalue weighted by Crippen LogP contribution is -2.50. The maximum atomic E-state index is 12.7. The van der Waals surface area contributed by atoms with E-state index < -0.39 is 6.36 Å². The maximum absolute atomic E-state index is 12.7. The SMILES string of the molecule is Cc1ccccc1C(=O)N1CCN(CC(=O)Nc2ccc(OC(F)(F)F)cc2)CC1. The first-order chi connectivity index (χ1) is 14.2. The van der Waals surface area contributed by atoms with Gasteiger partial charge < -0.3 is 15.0 Å². The predicted molar refractivity (Wildman–Crippen MR) is 105 cm³/mol. The summed E-state index contributed by atoms with van der Waals surface area (Å²) in [7, 11) is 0. The Labute approximate surface area is 172 Å². The van der Waals surface area contributed by atoms with Crippen LogP contribution in [0.1, 0.15) is 15.9 Å². The van der Waals surface area contributed by atoms with Crippen LogP contribution in [0.3, 0.4) is 0 Å². The van der Waals surface area contributed by atoms with E-state index in [-0.39, 0.29) is 24.1 Å². The van der Waals surface area contributed by atoms with E-state index in [0.29, 0.717) is 37.4 Å². The van der Waals surface area contributed by atoms with Crippen molar-refractivity contribution in [2.75, 3.05) is 38.0 Å². The van der Waals surface area contributed by atoms with Crippen LogP contribution in [0.15, 0.2) is 48.5 Å². The molecule has 2 aromatic carbocycles. The van der Waals surface area contributed by atoms with Gasteiger partial charge in [0, 0.05) is 37.4 Å². The number of nitrogens with one attached hydrogen (secondary N) is 1. The molecule has 1 saturated heterocycles. The lowest BCUT2D eigenvalue weighted by Gasteiger charge is -2.34. The second-order valence-corrected chi connectivity index (χ2v) is 7.00. The van der Waals surface area contributed by atoms with Gasteiger partial charge in [-0.3, -0.25) is 14.5 Å². The molecule has 1 aliphatic heterocycles. The highest BCUT2D eigenvalue weighted by molar-refractivity contribution is 5.95. The minimum Gasteiger partial charge on any atom is -0.406 e. The third kappa shape index (κ3) is 5.96. The fourth-order valence-electron chi connectivity index (χ4n) is 3.24. The number of carbonyl (C=O) groups excluding carboxylic acids is 2. The topological polar surface area (TPSA) is 61.9 Å². The van der Waals surface area contributed by atoms with Gasteiger partial charge in [0.05, 0.1) is 6.54 Å². The fraction of sp³-hybridized carbons (Fsp3) is 0.333. The van der Waals surface area contributed by atoms with Crippen molar-refractivity contribution in [1.29, 1.82) is 0 Å². The van der Waals surface area contributed by atoms with Crippen molar-refractivity contribution in [3.8, 4) is 5.75 Å². The molecule has 2 amide bonds. The standard InChI is InChI=1S/C21H22F3N3O3/c1-15-4-2-3-5-18(15)20(29)27-12-10-26(11-13-27)14-19(28)25-16-6-8-17(9-7-16)30-21(22,23)24/h2-9H,10-14H2,1H3,(H,25,28). The van der Waals surface area contributed by atoms with Gasteiger partial charge in [0.25, 0.3) is 5.91 Å². The number of halogens is 3. The van der Waals surface area contributed by atoms with Crippen molar-refractivity contribution >= 4 is 17.5 Å². The largest absolute Gasteiger partial charge is 0.573 e. The highest BCUT2D eigenvalue weighted by Gasteiger charge is 2.31. The zero-order chi connectivity index (χ0) is 21.7. The molecule has 1 N–H and O–H groups in total. The van der Waals surface area contributed by atoms with Gasteiger partial charge in [-0.05, 0) is 42.8 Å². The van der Waals surface area contributed by atoms with Crippen molar-refractivity contribution in [2.24, 2.45) is 0 Å². The molecule has 3 rings (SSSR count). The molecule has 0 aliphatic carbocycles. The zero-order valence-corrected chi connectivity index (χ0v) is 16.4. The first kappa shape index (κ1) is 21.6. The molecule has 0 spiro atoms. The van der Waals surface area contributed by atoms with Gasteiger partial charge in [-0.2, -0.15) is 0 Å². The van der Waals surface area contributed by atoms with Crippen LogP contribution in [0.4, 0.5) is 18.9 Å². The van der Waals surface area contributed by atoms with Crippen LogP contribution in [0.2, 0.25) is 0 Å². The lowest BCUT2D eigenvalue weighted by molar-refractivity contribution is -0.274. The van der Waals surface area contributed by atoms with Gasteiger partial charge in [-0.15, -0.1) is 13.2 Å². The maximum Gasteiger partial charge on any atom is 0.573 e. The first-order valence-electron chi connectivity index (χ1n) is 9.44. The summed E-state index contributed by atoms with van der Waals surface area (Å²) in [5.41, 5.74) is 1.99. The number of ether oxygens (including phenoxy) is 1. The monoisotopic (exact) mass is 421 g/mol. The van der Waals surface area contributed by atoms with Crippen LogP contribution < -0.4 is 10.1 Å². The van der Waals surface area contributed by atoms with Crippen LogP contribution in [-0.4, -0.2) is 60.7 Å². The summed E-state index contributed by atoms with van der Waals surface area (Å²) in [6, 6.07) is 12.4. The van der Waals surface area contributed by atoms with Gasteiger partial charge in [0.2, 0.25) is 5.91 Å². The average molecular weight is 421 g/mol.